The van der Waals surface area contributed by atoms with Crippen LogP contribution in [0.5, 0.6) is 0 Å². The maximum absolute atomic E-state index is 12.3. The summed E-state index contributed by atoms with van der Waals surface area (Å²) in [6, 6.07) is 0.371. The third-order valence-electron chi connectivity index (χ3n) is 3.22. The quantitative estimate of drug-likeness (QED) is 0.726. The van der Waals surface area contributed by atoms with E-state index in [1.54, 1.807) is 17.0 Å². The van der Waals surface area contributed by atoms with Crippen molar-refractivity contribution in [1.29, 1.82) is 0 Å². The highest BCUT2D eigenvalue weighted by molar-refractivity contribution is 9.09. The minimum absolute atomic E-state index is 0.00727. The minimum atomic E-state index is 0.00727. The SMILES string of the molecule is CCC(CC)N(CCBr)c1nccn(CC)c1=O. The molecule has 0 aliphatic carbocycles. The van der Waals surface area contributed by atoms with E-state index in [-0.39, 0.29) is 5.56 Å². The zero-order chi connectivity index (χ0) is 13.5. The molecule has 4 nitrogen and oxygen atoms in total. The average Bonchev–Trinajstić information content (AvgIpc) is 2.39. The summed E-state index contributed by atoms with van der Waals surface area (Å²) in [5, 5.41) is 0.839. The van der Waals surface area contributed by atoms with Crippen LogP contribution in [0.25, 0.3) is 0 Å². The highest BCUT2D eigenvalue weighted by Crippen LogP contribution is 2.14. The molecule has 18 heavy (non-hydrogen) atoms. The number of halogens is 1. The van der Waals surface area contributed by atoms with E-state index in [4.69, 9.17) is 0 Å². The van der Waals surface area contributed by atoms with Crippen molar-refractivity contribution in [3.8, 4) is 0 Å². The number of rotatable bonds is 7. The first-order valence-corrected chi connectivity index (χ1v) is 7.69. The van der Waals surface area contributed by atoms with Gasteiger partial charge in [-0.2, -0.15) is 0 Å². The van der Waals surface area contributed by atoms with Gasteiger partial charge in [0.2, 0.25) is 0 Å². The van der Waals surface area contributed by atoms with Crippen LogP contribution in [0, 0.1) is 0 Å². The molecule has 1 aromatic rings. The Bertz CT molecular complexity index is 415. The molecule has 0 saturated heterocycles. The van der Waals surface area contributed by atoms with Crippen molar-refractivity contribution in [3.05, 3.63) is 22.7 Å². The Balaban J connectivity index is 3.16. The Morgan fingerprint density at radius 2 is 2.06 bits per heavy atom. The van der Waals surface area contributed by atoms with Crippen LogP contribution in [0.4, 0.5) is 5.82 Å². The van der Waals surface area contributed by atoms with E-state index in [0.29, 0.717) is 18.4 Å². The molecule has 0 amide bonds. The molecule has 102 valence electrons. The second-order valence-electron chi connectivity index (χ2n) is 4.19. The second kappa shape index (κ2) is 7.56. The lowest BCUT2D eigenvalue weighted by atomic mass is 10.1. The third-order valence-corrected chi connectivity index (χ3v) is 3.57. The van der Waals surface area contributed by atoms with Gasteiger partial charge >= 0.3 is 0 Å². The molecule has 0 atom stereocenters. The summed E-state index contributed by atoms with van der Waals surface area (Å²) in [6.07, 6.45) is 5.49. The lowest BCUT2D eigenvalue weighted by Crippen LogP contribution is -2.41. The molecule has 5 heteroatoms. The Kier molecular flexibility index (Phi) is 6.39. The molecule has 0 aliphatic rings. The van der Waals surface area contributed by atoms with Crippen molar-refractivity contribution in [3.63, 3.8) is 0 Å². The summed E-state index contributed by atoms with van der Waals surface area (Å²) < 4.78 is 1.70. The first-order valence-electron chi connectivity index (χ1n) is 6.57. The summed E-state index contributed by atoms with van der Waals surface area (Å²) in [7, 11) is 0. The van der Waals surface area contributed by atoms with Crippen LogP contribution in [0.3, 0.4) is 0 Å². The molecule has 0 unspecified atom stereocenters. The zero-order valence-corrected chi connectivity index (χ0v) is 13.0. The van der Waals surface area contributed by atoms with E-state index < -0.39 is 0 Å². The van der Waals surface area contributed by atoms with Crippen LogP contribution in [-0.4, -0.2) is 27.5 Å². The Hall–Kier alpha value is -0.840. The van der Waals surface area contributed by atoms with Crippen LogP contribution < -0.4 is 10.5 Å². The predicted molar refractivity (Wildman–Crippen MR) is 79.7 cm³/mol. The maximum Gasteiger partial charge on any atom is 0.293 e. The van der Waals surface area contributed by atoms with Crippen LogP contribution in [0.2, 0.25) is 0 Å². The van der Waals surface area contributed by atoms with Crippen LogP contribution in [-0.2, 0) is 6.54 Å². The fourth-order valence-corrected chi connectivity index (χ4v) is 2.55. The number of alkyl halides is 1. The van der Waals surface area contributed by atoms with E-state index in [2.05, 4.69) is 39.7 Å². The van der Waals surface area contributed by atoms with Gasteiger partial charge in [0.25, 0.3) is 5.56 Å². The van der Waals surface area contributed by atoms with Crippen molar-refractivity contribution in [1.82, 2.24) is 9.55 Å². The number of aryl methyl sites for hydroxylation is 1. The van der Waals surface area contributed by atoms with Gasteiger partial charge in [-0.25, -0.2) is 4.98 Å². The predicted octanol–water partition coefficient (Wildman–Crippen LogP) is 2.65. The van der Waals surface area contributed by atoms with E-state index in [1.165, 1.54) is 0 Å². The number of hydrogen-bond acceptors (Lipinski definition) is 3. The summed E-state index contributed by atoms with van der Waals surface area (Å²) in [5.74, 6) is 0.576. The second-order valence-corrected chi connectivity index (χ2v) is 4.99. The molecule has 0 aromatic carbocycles. The average molecular weight is 316 g/mol. The molecule has 1 rings (SSSR count). The molecule has 0 N–H and O–H groups in total. The van der Waals surface area contributed by atoms with E-state index in [1.807, 2.05) is 6.92 Å². The van der Waals surface area contributed by atoms with Crippen molar-refractivity contribution in [2.45, 2.75) is 46.2 Å². The molecule has 1 aromatic heterocycles. The van der Waals surface area contributed by atoms with Gasteiger partial charge in [0.15, 0.2) is 5.82 Å². The van der Waals surface area contributed by atoms with Gasteiger partial charge in [0.05, 0.1) is 0 Å². The number of aromatic nitrogens is 2. The van der Waals surface area contributed by atoms with Gasteiger partial charge in [-0.15, -0.1) is 0 Å². The first kappa shape index (κ1) is 15.2. The molecular weight excluding hydrogens is 294 g/mol. The molecule has 0 radical (unpaired) electrons. The Morgan fingerprint density at radius 3 is 2.56 bits per heavy atom. The van der Waals surface area contributed by atoms with E-state index >= 15 is 0 Å². The molecule has 0 aliphatic heterocycles. The molecule has 0 saturated carbocycles. The van der Waals surface area contributed by atoms with Crippen LogP contribution >= 0.6 is 15.9 Å². The summed E-state index contributed by atoms with van der Waals surface area (Å²) in [4.78, 5) is 18.7. The number of nitrogens with zero attached hydrogens (tertiary/aromatic N) is 3. The zero-order valence-electron chi connectivity index (χ0n) is 11.4. The Labute approximate surface area is 117 Å². The van der Waals surface area contributed by atoms with Crippen LogP contribution in [0.15, 0.2) is 17.2 Å². The van der Waals surface area contributed by atoms with Crippen molar-refractivity contribution >= 4 is 21.7 Å². The van der Waals surface area contributed by atoms with Gasteiger partial charge in [0.1, 0.15) is 0 Å². The number of hydrogen-bond donors (Lipinski definition) is 0. The summed E-state index contributed by atoms with van der Waals surface area (Å²) in [6.45, 7) is 7.76. The molecule has 0 fully saturated rings. The van der Waals surface area contributed by atoms with Gasteiger partial charge < -0.3 is 9.47 Å². The standard InChI is InChI=1S/C13H22BrN3O/c1-4-11(5-2)17(9-7-14)12-13(18)16(6-3)10-8-15-12/h8,10-11H,4-7,9H2,1-3H3. The molecule has 0 spiro atoms. The largest absolute Gasteiger partial charge is 0.348 e. The van der Waals surface area contributed by atoms with Gasteiger partial charge in [-0.05, 0) is 19.8 Å². The van der Waals surface area contributed by atoms with Crippen molar-refractivity contribution in [2.75, 3.05) is 16.8 Å². The molecule has 0 bridgehead atoms. The monoisotopic (exact) mass is 315 g/mol. The normalized spacial score (nSPS) is 10.9. The lowest BCUT2D eigenvalue weighted by molar-refractivity contribution is 0.556. The topological polar surface area (TPSA) is 38.1 Å². The maximum atomic E-state index is 12.3. The van der Waals surface area contributed by atoms with Gasteiger partial charge in [-0.3, -0.25) is 4.79 Å². The highest BCUT2D eigenvalue weighted by atomic mass is 79.9. The van der Waals surface area contributed by atoms with E-state index in [9.17, 15) is 4.79 Å². The fraction of sp³-hybridized carbons (Fsp3) is 0.692. The molecular formula is C13H22BrN3O. The van der Waals surface area contributed by atoms with Gasteiger partial charge in [0, 0.05) is 36.9 Å². The fourth-order valence-electron chi connectivity index (χ4n) is 2.16. The Morgan fingerprint density at radius 1 is 1.39 bits per heavy atom. The lowest BCUT2D eigenvalue weighted by Gasteiger charge is -2.30. The summed E-state index contributed by atoms with van der Waals surface area (Å²) >= 11 is 3.46. The minimum Gasteiger partial charge on any atom is -0.348 e. The van der Waals surface area contributed by atoms with Crippen molar-refractivity contribution < 1.29 is 0 Å². The third kappa shape index (κ3) is 3.34. The van der Waals surface area contributed by atoms with Crippen LogP contribution in [0.1, 0.15) is 33.6 Å². The summed E-state index contributed by atoms with van der Waals surface area (Å²) in [5.41, 5.74) is 0.00727. The molecule has 1 heterocycles. The number of anilines is 1. The van der Waals surface area contributed by atoms with E-state index in [0.717, 1.165) is 24.7 Å². The van der Waals surface area contributed by atoms with Crippen molar-refractivity contribution in [2.24, 2.45) is 0 Å². The first-order chi connectivity index (χ1) is 8.69. The van der Waals surface area contributed by atoms with Gasteiger partial charge in [-0.1, -0.05) is 29.8 Å². The smallest absolute Gasteiger partial charge is 0.293 e. The highest BCUT2D eigenvalue weighted by Gasteiger charge is 2.19.